The fourth-order valence-corrected chi connectivity index (χ4v) is 2.89. The summed E-state index contributed by atoms with van der Waals surface area (Å²) in [5, 5.41) is 0.812. The predicted molar refractivity (Wildman–Crippen MR) is 104 cm³/mol. The summed E-state index contributed by atoms with van der Waals surface area (Å²) in [6, 6.07) is 14.8. The standard InChI is InChI=1S/C22H22O5/c1-4-12-25-22(24)15(3)26-19-11-10-17-18(16-8-6-5-7-9-16)13-20(23)27-21(17)14(19)2/h5-11,13,15H,4,12H2,1-3H3. The molecule has 0 aliphatic heterocycles. The second kappa shape index (κ2) is 8.08. The highest BCUT2D eigenvalue weighted by Crippen LogP contribution is 2.33. The van der Waals surface area contributed by atoms with Crippen LogP contribution in [0.3, 0.4) is 0 Å². The van der Waals surface area contributed by atoms with E-state index in [4.69, 9.17) is 13.9 Å². The van der Waals surface area contributed by atoms with Gasteiger partial charge in [0.05, 0.1) is 6.61 Å². The summed E-state index contributed by atoms with van der Waals surface area (Å²) in [7, 11) is 0. The van der Waals surface area contributed by atoms with E-state index >= 15 is 0 Å². The summed E-state index contributed by atoms with van der Waals surface area (Å²) in [4.78, 5) is 24.1. The highest BCUT2D eigenvalue weighted by Gasteiger charge is 2.19. The number of hydrogen-bond acceptors (Lipinski definition) is 5. The fourth-order valence-electron chi connectivity index (χ4n) is 2.89. The third-order valence-corrected chi connectivity index (χ3v) is 4.28. The first-order chi connectivity index (χ1) is 13.0. The molecule has 1 atom stereocenters. The Kier molecular flexibility index (Phi) is 5.60. The van der Waals surface area contributed by atoms with E-state index in [1.54, 1.807) is 19.9 Å². The molecule has 0 saturated carbocycles. The first-order valence-corrected chi connectivity index (χ1v) is 8.97. The molecule has 0 spiro atoms. The van der Waals surface area contributed by atoms with Gasteiger partial charge >= 0.3 is 11.6 Å². The van der Waals surface area contributed by atoms with Crippen LogP contribution in [-0.4, -0.2) is 18.7 Å². The van der Waals surface area contributed by atoms with Crippen LogP contribution in [-0.2, 0) is 9.53 Å². The molecule has 0 N–H and O–H groups in total. The topological polar surface area (TPSA) is 65.7 Å². The van der Waals surface area contributed by atoms with E-state index in [2.05, 4.69) is 0 Å². The molecule has 3 rings (SSSR count). The van der Waals surface area contributed by atoms with Gasteiger partial charge in [0.25, 0.3) is 0 Å². The molecule has 0 saturated heterocycles. The lowest BCUT2D eigenvalue weighted by Gasteiger charge is -2.16. The molecule has 2 aromatic carbocycles. The van der Waals surface area contributed by atoms with Crippen LogP contribution in [0.2, 0.25) is 0 Å². The van der Waals surface area contributed by atoms with E-state index in [0.29, 0.717) is 23.5 Å². The van der Waals surface area contributed by atoms with E-state index in [1.165, 1.54) is 6.07 Å². The number of ether oxygens (including phenoxy) is 2. The number of carbonyl (C=O) groups excluding carboxylic acids is 1. The zero-order valence-electron chi connectivity index (χ0n) is 15.7. The molecule has 0 bridgehead atoms. The SMILES string of the molecule is CCCOC(=O)C(C)Oc1ccc2c(-c3ccccc3)cc(=O)oc2c1C. The first-order valence-electron chi connectivity index (χ1n) is 8.97. The number of carbonyl (C=O) groups is 1. The van der Waals surface area contributed by atoms with Gasteiger partial charge in [-0.3, -0.25) is 0 Å². The molecule has 1 heterocycles. The van der Waals surface area contributed by atoms with Gasteiger partial charge < -0.3 is 13.9 Å². The number of esters is 1. The molecule has 0 aliphatic rings. The Labute approximate surface area is 157 Å². The first kappa shape index (κ1) is 18.7. The molecule has 0 fully saturated rings. The molecule has 0 amide bonds. The van der Waals surface area contributed by atoms with E-state index in [0.717, 1.165) is 22.9 Å². The Morgan fingerprint density at radius 3 is 2.59 bits per heavy atom. The van der Waals surface area contributed by atoms with Crippen LogP contribution in [0.25, 0.3) is 22.1 Å². The molecule has 1 unspecified atom stereocenters. The van der Waals surface area contributed by atoms with Crippen molar-refractivity contribution in [3.63, 3.8) is 0 Å². The van der Waals surface area contributed by atoms with Crippen molar-refractivity contribution in [1.82, 2.24) is 0 Å². The van der Waals surface area contributed by atoms with Gasteiger partial charge in [-0.15, -0.1) is 0 Å². The van der Waals surface area contributed by atoms with E-state index in [-0.39, 0.29) is 0 Å². The predicted octanol–water partition coefficient (Wildman–Crippen LogP) is 4.49. The number of rotatable bonds is 6. The molecule has 5 heteroatoms. The van der Waals surface area contributed by atoms with E-state index in [1.807, 2.05) is 43.3 Å². The number of benzene rings is 2. The van der Waals surface area contributed by atoms with Gasteiger partial charge in [0.1, 0.15) is 11.3 Å². The normalized spacial score (nSPS) is 12.0. The lowest BCUT2D eigenvalue weighted by atomic mass is 10.00. The van der Waals surface area contributed by atoms with Crippen molar-refractivity contribution in [3.05, 3.63) is 64.5 Å². The minimum Gasteiger partial charge on any atom is -0.479 e. The van der Waals surface area contributed by atoms with Crippen molar-refractivity contribution in [3.8, 4) is 16.9 Å². The molecule has 0 radical (unpaired) electrons. The van der Waals surface area contributed by atoms with Gasteiger partial charge in [-0.1, -0.05) is 37.3 Å². The summed E-state index contributed by atoms with van der Waals surface area (Å²) >= 11 is 0. The van der Waals surface area contributed by atoms with Gasteiger partial charge in [0, 0.05) is 17.0 Å². The van der Waals surface area contributed by atoms with Crippen LogP contribution in [0.15, 0.2) is 57.7 Å². The summed E-state index contributed by atoms with van der Waals surface area (Å²) in [5.41, 5.74) is 2.41. The number of aryl methyl sites for hydroxylation is 1. The Balaban J connectivity index is 2.01. The summed E-state index contributed by atoms with van der Waals surface area (Å²) in [6.45, 7) is 5.73. The molecule has 140 valence electrons. The van der Waals surface area contributed by atoms with Crippen molar-refractivity contribution in [2.45, 2.75) is 33.3 Å². The van der Waals surface area contributed by atoms with E-state index < -0.39 is 17.7 Å². The number of fused-ring (bicyclic) bond motifs is 1. The van der Waals surface area contributed by atoms with E-state index in [9.17, 15) is 9.59 Å². The average molecular weight is 366 g/mol. The Morgan fingerprint density at radius 2 is 1.89 bits per heavy atom. The Hall–Kier alpha value is -3.08. The second-order valence-electron chi connectivity index (χ2n) is 6.34. The Morgan fingerprint density at radius 1 is 1.15 bits per heavy atom. The molecule has 3 aromatic rings. The molecule has 27 heavy (non-hydrogen) atoms. The molecule has 0 aliphatic carbocycles. The Bertz CT molecular complexity index is 1000. The highest BCUT2D eigenvalue weighted by atomic mass is 16.6. The average Bonchev–Trinajstić information content (AvgIpc) is 2.68. The van der Waals surface area contributed by atoms with Crippen LogP contribution in [0, 0.1) is 6.92 Å². The van der Waals surface area contributed by atoms with Gasteiger partial charge in [-0.25, -0.2) is 9.59 Å². The smallest absolute Gasteiger partial charge is 0.347 e. The zero-order chi connectivity index (χ0) is 19.4. The van der Waals surface area contributed by atoms with Gasteiger partial charge in [0.15, 0.2) is 6.10 Å². The van der Waals surface area contributed by atoms with Crippen molar-refractivity contribution in [2.24, 2.45) is 0 Å². The minimum atomic E-state index is -0.753. The van der Waals surface area contributed by atoms with Crippen LogP contribution in [0.1, 0.15) is 25.8 Å². The molecular weight excluding hydrogens is 344 g/mol. The van der Waals surface area contributed by atoms with Crippen LogP contribution in [0.5, 0.6) is 5.75 Å². The van der Waals surface area contributed by atoms with Crippen LogP contribution < -0.4 is 10.4 Å². The third-order valence-electron chi connectivity index (χ3n) is 4.28. The molecule has 5 nitrogen and oxygen atoms in total. The fraction of sp³-hybridized carbons (Fsp3) is 0.273. The second-order valence-corrected chi connectivity index (χ2v) is 6.34. The van der Waals surface area contributed by atoms with Crippen molar-refractivity contribution in [1.29, 1.82) is 0 Å². The summed E-state index contributed by atoms with van der Waals surface area (Å²) in [6.07, 6.45) is -0.00215. The van der Waals surface area contributed by atoms with Gasteiger partial charge in [0.2, 0.25) is 0 Å². The minimum absolute atomic E-state index is 0.360. The maximum Gasteiger partial charge on any atom is 0.347 e. The monoisotopic (exact) mass is 366 g/mol. The zero-order valence-corrected chi connectivity index (χ0v) is 15.7. The lowest BCUT2D eigenvalue weighted by molar-refractivity contribution is -0.151. The lowest BCUT2D eigenvalue weighted by Crippen LogP contribution is -2.26. The highest BCUT2D eigenvalue weighted by molar-refractivity contribution is 5.95. The number of hydrogen-bond donors (Lipinski definition) is 0. The van der Waals surface area contributed by atoms with Crippen molar-refractivity contribution in [2.75, 3.05) is 6.61 Å². The van der Waals surface area contributed by atoms with Crippen molar-refractivity contribution >= 4 is 16.9 Å². The van der Waals surface area contributed by atoms with Gasteiger partial charge in [-0.05, 0) is 43.5 Å². The molecular formula is C22H22O5. The van der Waals surface area contributed by atoms with Crippen LogP contribution >= 0.6 is 0 Å². The summed E-state index contributed by atoms with van der Waals surface area (Å²) < 4.78 is 16.3. The quantitative estimate of drug-likeness (QED) is 0.475. The largest absolute Gasteiger partial charge is 0.479 e. The maximum absolute atomic E-state index is 12.1. The summed E-state index contributed by atoms with van der Waals surface area (Å²) in [5.74, 6) is 0.0626. The molecule has 1 aromatic heterocycles. The van der Waals surface area contributed by atoms with Gasteiger partial charge in [-0.2, -0.15) is 0 Å². The van der Waals surface area contributed by atoms with Crippen LogP contribution in [0.4, 0.5) is 0 Å². The van der Waals surface area contributed by atoms with Crippen molar-refractivity contribution < 1.29 is 18.7 Å². The maximum atomic E-state index is 12.1. The third kappa shape index (κ3) is 4.03.